The van der Waals surface area contributed by atoms with Crippen molar-refractivity contribution in [3.63, 3.8) is 0 Å². The number of hydrogen-bond acceptors (Lipinski definition) is 4. The third-order valence-corrected chi connectivity index (χ3v) is 2.93. The molecule has 2 aromatic rings. The molecule has 7 nitrogen and oxygen atoms in total. The molecule has 1 aromatic carbocycles. The normalized spacial score (nSPS) is 9.95. The van der Waals surface area contributed by atoms with Crippen molar-refractivity contribution in [1.29, 1.82) is 0 Å². The van der Waals surface area contributed by atoms with Crippen molar-refractivity contribution in [1.82, 2.24) is 15.3 Å². The topological polar surface area (TPSA) is 104 Å². The predicted molar refractivity (Wildman–Crippen MR) is 79.0 cm³/mol. The van der Waals surface area contributed by atoms with Gasteiger partial charge in [-0.2, -0.15) is 0 Å². The van der Waals surface area contributed by atoms with Crippen LogP contribution in [0.2, 0.25) is 0 Å². The molecular weight excluding hydrogens is 340 g/mol. The van der Waals surface area contributed by atoms with E-state index in [1.54, 1.807) is 18.3 Å². The summed E-state index contributed by atoms with van der Waals surface area (Å²) in [5, 5.41) is 14.1. The molecule has 3 N–H and O–H groups in total. The summed E-state index contributed by atoms with van der Waals surface area (Å²) in [6.07, 6.45) is 2.97. The maximum Gasteiger partial charge on any atom is 0.335 e. The van der Waals surface area contributed by atoms with Gasteiger partial charge in [-0.1, -0.05) is 15.9 Å². The largest absolute Gasteiger partial charge is 0.478 e. The summed E-state index contributed by atoms with van der Waals surface area (Å²) < 4.78 is 0.563. The average molecular weight is 351 g/mol. The molecule has 0 aliphatic heterocycles. The first kappa shape index (κ1) is 14.9. The van der Waals surface area contributed by atoms with Crippen molar-refractivity contribution >= 4 is 33.6 Å². The van der Waals surface area contributed by atoms with Crippen molar-refractivity contribution in [3.05, 3.63) is 52.5 Å². The van der Waals surface area contributed by atoms with Crippen LogP contribution in [0.1, 0.15) is 16.1 Å². The van der Waals surface area contributed by atoms with Crippen molar-refractivity contribution < 1.29 is 14.7 Å². The Labute approximate surface area is 128 Å². The highest BCUT2D eigenvalue weighted by Crippen LogP contribution is 2.19. The first-order valence-electron chi connectivity index (χ1n) is 5.88. The zero-order valence-electron chi connectivity index (χ0n) is 10.7. The Morgan fingerprint density at radius 3 is 2.76 bits per heavy atom. The molecule has 21 heavy (non-hydrogen) atoms. The van der Waals surface area contributed by atoms with E-state index in [0.717, 1.165) is 0 Å². The molecule has 0 saturated heterocycles. The Balaban J connectivity index is 1.98. The quantitative estimate of drug-likeness (QED) is 0.784. The Bertz CT molecular complexity index is 664. The predicted octanol–water partition coefficient (Wildman–Crippen LogP) is 2.26. The number of carbonyl (C=O) groups excluding carboxylic acids is 1. The van der Waals surface area contributed by atoms with E-state index in [0.29, 0.717) is 15.9 Å². The van der Waals surface area contributed by atoms with E-state index in [1.807, 2.05) is 0 Å². The highest BCUT2D eigenvalue weighted by atomic mass is 79.9. The lowest BCUT2D eigenvalue weighted by molar-refractivity contribution is 0.0697. The third-order valence-electron chi connectivity index (χ3n) is 2.48. The maximum atomic E-state index is 11.7. The summed E-state index contributed by atoms with van der Waals surface area (Å²) in [5.41, 5.74) is 1.12. The fourth-order valence-corrected chi connectivity index (χ4v) is 2.05. The molecule has 0 aliphatic carbocycles. The molecule has 2 amide bonds. The number of benzene rings is 1. The molecule has 0 atom stereocenters. The molecule has 2 rings (SSSR count). The summed E-state index contributed by atoms with van der Waals surface area (Å²) >= 11 is 3.19. The van der Waals surface area contributed by atoms with Crippen LogP contribution in [-0.2, 0) is 6.54 Å². The molecule has 0 unspecified atom stereocenters. The lowest BCUT2D eigenvalue weighted by Gasteiger charge is -2.08. The van der Waals surface area contributed by atoms with E-state index in [4.69, 9.17) is 5.11 Å². The van der Waals surface area contributed by atoms with Crippen LogP contribution >= 0.6 is 15.9 Å². The molecule has 108 valence electrons. The lowest BCUT2D eigenvalue weighted by Crippen LogP contribution is -2.28. The second kappa shape index (κ2) is 6.80. The highest BCUT2D eigenvalue weighted by molar-refractivity contribution is 9.10. The van der Waals surface area contributed by atoms with Gasteiger partial charge in [0.2, 0.25) is 0 Å². The number of halogens is 1. The minimum atomic E-state index is -1.07. The standard InChI is InChI=1S/C13H11BrN4O3/c14-9-3-8(12(19)20)4-11(5-9)18-13(21)16-6-10-1-2-15-7-17-10/h1-5,7H,6H2,(H,19,20)(H2,16,18,21). The van der Waals surface area contributed by atoms with Crippen LogP contribution in [0.25, 0.3) is 0 Å². The van der Waals surface area contributed by atoms with E-state index in [1.165, 1.54) is 18.5 Å². The Kier molecular flexibility index (Phi) is 4.83. The van der Waals surface area contributed by atoms with E-state index in [-0.39, 0.29) is 12.1 Å². The smallest absolute Gasteiger partial charge is 0.335 e. The van der Waals surface area contributed by atoms with Gasteiger partial charge in [0.15, 0.2) is 0 Å². The Hall–Kier alpha value is -2.48. The van der Waals surface area contributed by atoms with Crippen molar-refractivity contribution in [2.24, 2.45) is 0 Å². The van der Waals surface area contributed by atoms with Crippen molar-refractivity contribution in [3.8, 4) is 0 Å². The number of amides is 2. The summed E-state index contributed by atoms with van der Waals surface area (Å²) in [4.78, 5) is 30.4. The average Bonchev–Trinajstić information content (AvgIpc) is 2.45. The minimum Gasteiger partial charge on any atom is -0.478 e. The van der Waals surface area contributed by atoms with Crippen LogP contribution < -0.4 is 10.6 Å². The van der Waals surface area contributed by atoms with Gasteiger partial charge in [-0.25, -0.2) is 19.6 Å². The number of hydrogen-bond donors (Lipinski definition) is 3. The monoisotopic (exact) mass is 350 g/mol. The van der Waals surface area contributed by atoms with Crippen molar-refractivity contribution in [2.45, 2.75) is 6.54 Å². The number of anilines is 1. The number of carboxylic acid groups (broad SMARTS) is 1. The van der Waals surface area contributed by atoms with Gasteiger partial charge < -0.3 is 15.7 Å². The Morgan fingerprint density at radius 2 is 2.10 bits per heavy atom. The van der Waals surface area contributed by atoms with Gasteiger partial charge in [-0.15, -0.1) is 0 Å². The maximum absolute atomic E-state index is 11.7. The molecule has 1 heterocycles. The molecule has 8 heteroatoms. The SMILES string of the molecule is O=C(NCc1ccncn1)Nc1cc(Br)cc(C(=O)O)c1. The number of urea groups is 1. The van der Waals surface area contributed by atoms with Gasteiger partial charge in [0, 0.05) is 16.4 Å². The van der Waals surface area contributed by atoms with E-state index < -0.39 is 12.0 Å². The number of aromatic carboxylic acids is 1. The highest BCUT2D eigenvalue weighted by Gasteiger charge is 2.08. The van der Waals surface area contributed by atoms with Gasteiger partial charge >= 0.3 is 12.0 Å². The third kappa shape index (κ3) is 4.53. The van der Waals surface area contributed by atoms with Crippen LogP contribution in [0.3, 0.4) is 0 Å². The van der Waals surface area contributed by atoms with Gasteiger partial charge in [-0.05, 0) is 24.3 Å². The fourth-order valence-electron chi connectivity index (χ4n) is 1.55. The molecule has 0 bridgehead atoms. The van der Waals surface area contributed by atoms with Crippen LogP contribution in [0.5, 0.6) is 0 Å². The summed E-state index contributed by atoms with van der Waals surface area (Å²) in [5.74, 6) is -1.07. The number of nitrogens with zero attached hydrogens (tertiary/aromatic N) is 2. The minimum absolute atomic E-state index is 0.0791. The van der Waals surface area contributed by atoms with Gasteiger partial charge in [0.1, 0.15) is 6.33 Å². The molecule has 0 aliphatic rings. The molecule has 0 spiro atoms. The molecule has 0 saturated carbocycles. The van der Waals surface area contributed by atoms with Crippen LogP contribution in [0.4, 0.5) is 10.5 Å². The number of carboxylic acids is 1. The van der Waals surface area contributed by atoms with Gasteiger partial charge in [0.05, 0.1) is 17.8 Å². The zero-order valence-corrected chi connectivity index (χ0v) is 12.3. The van der Waals surface area contributed by atoms with Crippen LogP contribution in [-0.4, -0.2) is 27.1 Å². The van der Waals surface area contributed by atoms with E-state index in [2.05, 4.69) is 36.5 Å². The summed E-state index contributed by atoms with van der Waals surface area (Å²) in [6, 6.07) is 5.66. The molecular formula is C13H11BrN4O3. The number of rotatable bonds is 4. The number of nitrogens with one attached hydrogen (secondary N) is 2. The molecule has 1 aromatic heterocycles. The summed E-state index contributed by atoms with van der Waals surface area (Å²) in [6.45, 7) is 0.244. The first-order valence-corrected chi connectivity index (χ1v) is 6.67. The summed E-state index contributed by atoms with van der Waals surface area (Å²) in [7, 11) is 0. The van der Waals surface area contributed by atoms with Gasteiger partial charge in [0.25, 0.3) is 0 Å². The lowest BCUT2D eigenvalue weighted by atomic mass is 10.2. The van der Waals surface area contributed by atoms with Gasteiger partial charge in [-0.3, -0.25) is 0 Å². The molecule has 0 radical (unpaired) electrons. The van der Waals surface area contributed by atoms with Crippen molar-refractivity contribution in [2.75, 3.05) is 5.32 Å². The van der Waals surface area contributed by atoms with Crippen LogP contribution in [0, 0.1) is 0 Å². The van der Waals surface area contributed by atoms with E-state index in [9.17, 15) is 9.59 Å². The second-order valence-corrected chi connectivity index (χ2v) is 4.96. The fraction of sp³-hybridized carbons (Fsp3) is 0.0769. The Morgan fingerprint density at radius 1 is 1.29 bits per heavy atom. The molecule has 0 fully saturated rings. The zero-order chi connectivity index (χ0) is 15.2. The number of aromatic nitrogens is 2. The first-order chi connectivity index (χ1) is 10.0. The second-order valence-electron chi connectivity index (χ2n) is 4.04. The number of carbonyl (C=O) groups is 2. The van der Waals surface area contributed by atoms with E-state index >= 15 is 0 Å². The van der Waals surface area contributed by atoms with Crippen LogP contribution in [0.15, 0.2) is 41.3 Å².